The van der Waals surface area contributed by atoms with Crippen LogP contribution in [0.4, 0.5) is 32.3 Å². The van der Waals surface area contributed by atoms with E-state index in [1.807, 2.05) is 0 Å². The molecule has 2 aromatic heterocycles. The first-order valence-corrected chi connectivity index (χ1v) is 8.82. The maximum atomic E-state index is 12.8. The van der Waals surface area contributed by atoms with Crippen molar-refractivity contribution in [1.82, 2.24) is 19.9 Å². The zero-order valence-corrected chi connectivity index (χ0v) is 15.7. The molecule has 1 amide bonds. The van der Waals surface area contributed by atoms with Gasteiger partial charge in [0.05, 0.1) is 5.56 Å². The summed E-state index contributed by atoms with van der Waals surface area (Å²) in [5.41, 5.74) is -2.30. The van der Waals surface area contributed by atoms with Crippen LogP contribution in [0.5, 0.6) is 5.88 Å². The second-order valence-corrected chi connectivity index (χ2v) is 6.55. The van der Waals surface area contributed by atoms with Crippen LogP contribution in [0.15, 0.2) is 30.7 Å². The van der Waals surface area contributed by atoms with Crippen molar-refractivity contribution in [1.29, 1.82) is 0 Å². The van der Waals surface area contributed by atoms with Crippen LogP contribution in [-0.4, -0.2) is 57.0 Å². The van der Waals surface area contributed by atoms with Crippen molar-refractivity contribution in [2.45, 2.75) is 12.4 Å². The Morgan fingerprint density at radius 2 is 1.55 bits per heavy atom. The van der Waals surface area contributed by atoms with Crippen LogP contribution >= 0.6 is 0 Å². The van der Waals surface area contributed by atoms with E-state index in [9.17, 15) is 36.2 Å². The minimum atomic E-state index is -4.79. The Kier molecular flexibility index (Phi) is 6.04. The third-order valence-corrected chi connectivity index (χ3v) is 4.45. The van der Waals surface area contributed by atoms with Crippen LogP contribution in [0.1, 0.15) is 16.7 Å². The van der Waals surface area contributed by atoms with Crippen LogP contribution in [0.2, 0.25) is 0 Å². The summed E-state index contributed by atoms with van der Waals surface area (Å²) in [5, 5.41) is 9.22. The van der Waals surface area contributed by atoms with Crippen molar-refractivity contribution in [3.05, 3.63) is 47.4 Å². The van der Waals surface area contributed by atoms with Crippen molar-refractivity contribution >= 4 is 17.9 Å². The first kappa shape index (κ1) is 22.3. The van der Waals surface area contributed by atoms with Crippen molar-refractivity contribution in [3.8, 4) is 5.88 Å². The Labute approximate surface area is 171 Å². The average molecular weight is 447 g/mol. The number of hydrogen-bond acceptors (Lipinski definition) is 6. The summed E-state index contributed by atoms with van der Waals surface area (Å²) < 4.78 is 76.2. The maximum absolute atomic E-state index is 12.8. The lowest BCUT2D eigenvalue weighted by Gasteiger charge is -2.34. The van der Waals surface area contributed by atoms with Crippen LogP contribution < -0.4 is 4.90 Å². The van der Waals surface area contributed by atoms with E-state index in [1.54, 1.807) is 4.90 Å². The van der Waals surface area contributed by atoms with E-state index < -0.39 is 35.3 Å². The molecule has 0 aromatic carbocycles. The molecule has 1 saturated heterocycles. The number of nitrogens with zero attached hydrogens (tertiary/aromatic N) is 5. The van der Waals surface area contributed by atoms with Gasteiger partial charge in [0.25, 0.3) is 0 Å². The molecular weight excluding hydrogens is 432 g/mol. The molecule has 2 aromatic rings. The largest absolute Gasteiger partial charge is 0.493 e. The lowest BCUT2D eigenvalue weighted by atomic mass is 10.1. The van der Waals surface area contributed by atoms with E-state index >= 15 is 0 Å². The van der Waals surface area contributed by atoms with Crippen LogP contribution in [0, 0.1) is 0 Å². The number of piperazine rings is 1. The number of anilines is 1. The zero-order valence-electron chi connectivity index (χ0n) is 15.7. The number of aromatic hydroxyl groups is 1. The van der Waals surface area contributed by atoms with E-state index in [2.05, 4.69) is 15.0 Å². The molecule has 3 rings (SSSR count). The van der Waals surface area contributed by atoms with Crippen LogP contribution in [-0.2, 0) is 17.1 Å². The zero-order chi connectivity index (χ0) is 22.8. The highest BCUT2D eigenvalue weighted by Crippen LogP contribution is 2.35. The molecule has 1 aliphatic rings. The Hall–Kier alpha value is -3.38. The lowest BCUT2D eigenvalue weighted by molar-refractivity contribution is -0.139. The van der Waals surface area contributed by atoms with Crippen molar-refractivity contribution in [2.24, 2.45) is 0 Å². The summed E-state index contributed by atoms with van der Waals surface area (Å²) in [4.78, 5) is 26.0. The van der Waals surface area contributed by atoms with Crippen molar-refractivity contribution in [2.75, 3.05) is 31.1 Å². The predicted octanol–water partition coefficient (Wildman–Crippen LogP) is 2.98. The van der Waals surface area contributed by atoms with Gasteiger partial charge >= 0.3 is 12.4 Å². The second-order valence-electron chi connectivity index (χ2n) is 6.55. The summed E-state index contributed by atoms with van der Waals surface area (Å²) in [7, 11) is 0. The lowest BCUT2D eigenvalue weighted by Crippen LogP contribution is -2.48. The van der Waals surface area contributed by atoms with E-state index in [-0.39, 0.29) is 37.7 Å². The summed E-state index contributed by atoms with van der Waals surface area (Å²) in [6.45, 7) is 0.970. The number of alkyl halides is 6. The fourth-order valence-corrected chi connectivity index (χ4v) is 2.80. The van der Waals surface area contributed by atoms with E-state index in [0.29, 0.717) is 18.5 Å². The highest BCUT2D eigenvalue weighted by Gasteiger charge is 2.35. The Morgan fingerprint density at radius 3 is 2.10 bits per heavy atom. The number of carbonyl (C=O) groups is 1. The molecule has 0 saturated carbocycles. The third-order valence-electron chi connectivity index (χ3n) is 4.45. The number of halogens is 6. The Bertz CT molecular complexity index is 967. The molecule has 0 atom stereocenters. The van der Waals surface area contributed by atoms with Gasteiger partial charge in [0.15, 0.2) is 0 Å². The van der Waals surface area contributed by atoms with Gasteiger partial charge in [-0.15, -0.1) is 0 Å². The second kappa shape index (κ2) is 8.40. The van der Waals surface area contributed by atoms with Gasteiger partial charge < -0.3 is 14.9 Å². The highest BCUT2D eigenvalue weighted by molar-refractivity contribution is 5.92. The van der Waals surface area contributed by atoms with Gasteiger partial charge in [0, 0.05) is 50.8 Å². The van der Waals surface area contributed by atoms with Crippen LogP contribution in [0.3, 0.4) is 0 Å². The van der Waals surface area contributed by atoms with Gasteiger partial charge in [-0.05, 0) is 17.7 Å². The standard InChI is InChI=1S/C18H15F6N5O2/c19-17(20,21)12-9-26-16(27-10-12)29-5-3-28(4-6-29)14(30)2-1-11-7-13(18(22,23)24)15(31)25-8-11/h1-2,7-10H,3-6H2,(H,25,31)/b2-1+. The van der Waals surface area contributed by atoms with E-state index in [0.717, 1.165) is 18.3 Å². The topological polar surface area (TPSA) is 82.5 Å². The van der Waals surface area contributed by atoms with Crippen molar-refractivity contribution < 1.29 is 36.2 Å². The number of carbonyl (C=O) groups excluding carboxylic acids is 1. The Balaban J connectivity index is 1.59. The molecule has 31 heavy (non-hydrogen) atoms. The first-order valence-electron chi connectivity index (χ1n) is 8.82. The molecule has 0 bridgehead atoms. The number of pyridine rings is 1. The average Bonchev–Trinajstić information content (AvgIpc) is 2.71. The highest BCUT2D eigenvalue weighted by atomic mass is 19.4. The molecule has 0 radical (unpaired) electrons. The number of aromatic nitrogens is 3. The molecule has 0 unspecified atom stereocenters. The predicted molar refractivity (Wildman–Crippen MR) is 95.8 cm³/mol. The van der Waals surface area contributed by atoms with Crippen molar-refractivity contribution in [3.63, 3.8) is 0 Å². The SMILES string of the molecule is O=C(/C=C/c1cnc(O)c(C(F)(F)F)c1)N1CCN(c2ncc(C(F)(F)F)cn2)CC1. The fourth-order valence-electron chi connectivity index (χ4n) is 2.80. The fraction of sp³-hybridized carbons (Fsp3) is 0.333. The Morgan fingerprint density at radius 1 is 0.935 bits per heavy atom. The van der Waals surface area contributed by atoms with E-state index in [1.165, 1.54) is 4.90 Å². The molecule has 0 spiro atoms. The minimum absolute atomic E-state index is 0.0183. The smallest absolute Gasteiger partial charge is 0.421 e. The number of rotatable bonds is 3. The summed E-state index contributed by atoms with van der Waals surface area (Å²) in [5.74, 6) is -1.52. The molecule has 166 valence electrons. The first-order chi connectivity index (χ1) is 14.4. The van der Waals surface area contributed by atoms with Gasteiger partial charge in [0.2, 0.25) is 17.7 Å². The van der Waals surface area contributed by atoms with Gasteiger partial charge in [-0.3, -0.25) is 4.79 Å². The molecule has 13 heteroatoms. The molecule has 1 N–H and O–H groups in total. The number of hydrogen-bond donors (Lipinski definition) is 1. The number of amides is 1. The van der Waals surface area contributed by atoms with Gasteiger partial charge in [-0.25, -0.2) is 15.0 Å². The third kappa shape index (κ3) is 5.41. The normalized spacial score (nSPS) is 15.5. The monoisotopic (exact) mass is 447 g/mol. The quantitative estimate of drug-likeness (QED) is 0.576. The van der Waals surface area contributed by atoms with Gasteiger partial charge in [-0.1, -0.05) is 0 Å². The summed E-state index contributed by atoms with van der Waals surface area (Å²) in [6, 6.07) is 0.673. The molecule has 3 heterocycles. The molecule has 7 nitrogen and oxygen atoms in total. The maximum Gasteiger partial charge on any atom is 0.421 e. The van der Waals surface area contributed by atoms with Gasteiger partial charge in [-0.2, -0.15) is 26.3 Å². The minimum Gasteiger partial charge on any atom is -0.493 e. The summed E-state index contributed by atoms with van der Waals surface area (Å²) in [6.07, 6.45) is -4.74. The summed E-state index contributed by atoms with van der Waals surface area (Å²) >= 11 is 0. The molecular formula is C18H15F6N5O2. The van der Waals surface area contributed by atoms with Gasteiger partial charge in [0.1, 0.15) is 5.56 Å². The molecule has 0 aliphatic carbocycles. The molecule has 1 fully saturated rings. The van der Waals surface area contributed by atoms with E-state index in [4.69, 9.17) is 0 Å². The molecule has 1 aliphatic heterocycles. The van der Waals surface area contributed by atoms with Crippen LogP contribution in [0.25, 0.3) is 6.08 Å².